The fourth-order valence-corrected chi connectivity index (χ4v) is 5.69. The Balaban J connectivity index is 4.48. The molecule has 4 nitrogen and oxygen atoms in total. The highest BCUT2D eigenvalue weighted by Gasteiger charge is 2.16. The Morgan fingerprint density at radius 3 is 1.33 bits per heavy atom. The first kappa shape index (κ1) is 41.7. The summed E-state index contributed by atoms with van der Waals surface area (Å²) in [7, 11) is 0. The van der Waals surface area contributed by atoms with Crippen molar-refractivity contribution in [2.24, 2.45) is 0 Å². The van der Waals surface area contributed by atoms with Crippen LogP contribution in [-0.4, -0.2) is 23.6 Å². The highest BCUT2D eigenvalue weighted by molar-refractivity contribution is 5.83. The number of rotatable bonds is 30. The van der Waals surface area contributed by atoms with Crippen LogP contribution in [0.4, 0.5) is 0 Å². The largest absolute Gasteiger partial charge is 0.462 e. The van der Waals surface area contributed by atoms with Gasteiger partial charge in [-0.15, -0.1) is 0 Å². The average molecular weight is 607 g/mol. The summed E-state index contributed by atoms with van der Waals surface area (Å²) in [4.78, 5) is 25.1. The van der Waals surface area contributed by atoms with Crippen LogP contribution in [0.2, 0.25) is 0 Å². The number of esters is 2. The van der Waals surface area contributed by atoms with Gasteiger partial charge in [-0.1, -0.05) is 135 Å². The minimum absolute atomic E-state index is 0.00711. The van der Waals surface area contributed by atoms with E-state index in [2.05, 4.69) is 20.8 Å². The molecule has 0 saturated heterocycles. The minimum atomic E-state index is -0.463. The molecule has 0 unspecified atom stereocenters. The lowest BCUT2D eigenvalue weighted by molar-refractivity contribution is -0.150. The third kappa shape index (κ3) is 30.5. The minimum Gasteiger partial charge on any atom is -0.462 e. The summed E-state index contributed by atoms with van der Waals surface area (Å²) in [6, 6.07) is 0. The van der Waals surface area contributed by atoms with Gasteiger partial charge in [-0.3, -0.25) is 4.79 Å². The van der Waals surface area contributed by atoms with Crippen molar-refractivity contribution in [1.82, 2.24) is 0 Å². The van der Waals surface area contributed by atoms with Crippen molar-refractivity contribution >= 4 is 11.9 Å². The van der Waals surface area contributed by atoms with Crippen molar-refractivity contribution < 1.29 is 19.1 Å². The summed E-state index contributed by atoms with van der Waals surface area (Å²) in [6.07, 6.45) is 33.3. The van der Waals surface area contributed by atoms with E-state index in [1.54, 1.807) is 6.08 Å². The van der Waals surface area contributed by atoms with E-state index in [0.29, 0.717) is 6.42 Å². The highest BCUT2D eigenvalue weighted by Crippen LogP contribution is 2.21. The van der Waals surface area contributed by atoms with Gasteiger partial charge in [0, 0.05) is 12.5 Å². The Morgan fingerprint density at radius 2 is 0.907 bits per heavy atom. The summed E-state index contributed by atoms with van der Waals surface area (Å²) < 4.78 is 11.6. The smallest absolute Gasteiger partial charge is 0.331 e. The second kappa shape index (κ2) is 29.4. The van der Waals surface area contributed by atoms with Gasteiger partial charge in [0.15, 0.2) is 0 Å². The van der Waals surface area contributed by atoms with Gasteiger partial charge in [-0.2, -0.15) is 0 Å². The molecule has 0 aliphatic carbocycles. The molecule has 0 aromatic rings. The van der Waals surface area contributed by atoms with Gasteiger partial charge < -0.3 is 9.47 Å². The molecule has 0 aliphatic heterocycles. The van der Waals surface area contributed by atoms with Crippen molar-refractivity contribution in [3.05, 3.63) is 11.6 Å². The van der Waals surface area contributed by atoms with Gasteiger partial charge in [-0.25, -0.2) is 4.79 Å². The molecule has 0 amide bonds. The van der Waals surface area contributed by atoms with E-state index in [-0.39, 0.29) is 18.0 Å². The zero-order valence-electron chi connectivity index (χ0n) is 29.9. The maximum absolute atomic E-state index is 12.7. The number of carbonyl (C=O) groups excluding carboxylic acids is 2. The van der Waals surface area contributed by atoms with Crippen LogP contribution in [0, 0.1) is 0 Å². The average Bonchev–Trinajstić information content (AvgIpc) is 2.94. The lowest BCUT2D eigenvalue weighted by atomic mass is 9.99. The fourth-order valence-electron chi connectivity index (χ4n) is 5.69. The van der Waals surface area contributed by atoms with Gasteiger partial charge in [0.25, 0.3) is 0 Å². The lowest BCUT2D eigenvalue weighted by Crippen LogP contribution is -2.22. The van der Waals surface area contributed by atoms with Crippen molar-refractivity contribution in [1.29, 1.82) is 0 Å². The predicted molar refractivity (Wildman–Crippen MR) is 185 cm³/mol. The third-order valence-corrected chi connectivity index (χ3v) is 8.27. The zero-order chi connectivity index (χ0) is 32.0. The Hall–Kier alpha value is -1.32. The van der Waals surface area contributed by atoms with Crippen LogP contribution in [-0.2, 0) is 19.1 Å². The van der Waals surface area contributed by atoms with Crippen molar-refractivity contribution in [3.63, 3.8) is 0 Å². The molecule has 0 aliphatic rings. The molecular formula is C39H74O4. The van der Waals surface area contributed by atoms with Gasteiger partial charge in [0.1, 0.15) is 11.7 Å². The molecule has 254 valence electrons. The molecule has 0 bridgehead atoms. The normalized spacial score (nSPS) is 12.2. The summed E-state index contributed by atoms with van der Waals surface area (Å²) >= 11 is 0. The van der Waals surface area contributed by atoms with Crippen LogP contribution in [0.15, 0.2) is 11.6 Å². The lowest BCUT2D eigenvalue weighted by Gasteiger charge is -2.19. The molecule has 0 N–H and O–H groups in total. The number of ether oxygens (including phenoxy) is 2. The van der Waals surface area contributed by atoms with Crippen LogP contribution in [0.3, 0.4) is 0 Å². The Morgan fingerprint density at radius 1 is 0.535 bits per heavy atom. The predicted octanol–water partition coefficient (Wildman–Crippen LogP) is 12.8. The van der Waals surface area contributed by atoms with E-state index < -0.39 is 5.60 Å². The molecule has 0 fully saturated rings. The first-order valence-corrected chi connectivity index (χ1v) is 18.8. The Kier molecular flexibility index (Phi) is 28.5. The monoisotopic (exact) mass is 607 g/mol. The van der Waals surface area contributed by atoms with Crippen molar-refractivity contribution in [2.45, 2.75) is 227 Å². The van der Waals surface area contributed by atoms with E-state index in [1.807, 2.05) is 20.8 Å². The summed E-state index contributed by atoms with van der Waals surface area (Å²) in [5.41, 5.74) is 0.759. The molecule has 0 saturated carbocycles. The topological polar surface area (TPSA) is 52.6 Å². The molecule has 0 atom stereocenters. The summed E-state index contributed by atoms with van der Waals surface area (Å²) in [5, 5.41) is 0. The van der Waals surface area contributed by atoms with Crippen LogP contribution < -0.4 is 0 Å². The molecule has 0 rings (SSSR count). The molecular weight excluding hydrogens is 532 g/mol. The Bertz CT molecular complexity index is 661. The molecule has 0 spiro atoms. The van der Waals surface area contributed by atoms with Crippen LogP contribution >= 0.6 is 0 Å². The fraction of sp³-hybridized carbons (Fsp3) is 0.897. The van der Waals surface area contributed by atoms with Gasteiger partial charge >= 0.3 is 11.9 Å². The van der Waals surface area contributed by atoms with E-state index >= 15 is 0 Å². The maximum atomic E-state index is 12.7. The van der Waals surface area contributed by atoms with Crippen LogP contribution in [0.25, 0.3) is 0 Å². The van der Waals surface area contributed by atoms with E-state index in [1.165, 1.54) is 115 Å². The first-order valence-electron chi connectivity index (χ1n) is 18.8. The zero-order valence-corrected chi connectivity index (χ0v) is 29.9. The number of unbranched alkanes of at least 4 members (excludes halogenated alkanes) is 18. The summed E-state index contributed by atoms with van der Waals surface area (Å²) in [5.74, 6) is -0.220. The standard InChI is InChI=1S/C39H74O4/c1-7-10-13-16-17-18-21-24-29-35(34-38(41)43-39(4,5)6)30-25-22-23-28-33-37(40)42-36(31-26-19-14-11-8-2)32-27-20-15-12-9-3/h34,36H,7-33H2,1-6H3/b35-34+. The molecule has 0 radical (unpaired) electrons. The molecule has 0 aromatic heterocycles. The number of carbonyl (C=O) groups is 2. The molecule has 43 heavy (non-hydrogen) atoms. The number of hydrogen-bond acceptors (Lipinski definition) is 4. The summed E-state index contributed by atoms with van der Waals surface area (Å²) in [6.45, 7) is 12.5. The van der Waals surface area contributed by atoms with Gasteiger partial charge in [0.2, 0.25) is 0 Å². The van der Waals surface area contributed by atoms with Crippen molar-refractivity contribution in [3.8, 4) is 0 Å². The maximum Gasteiger partial charge on any atom is 0.331 e. The van der Waals surface area contributed by atoms with Gasteiger partial charge in [-0.05, 0) is 78.6 Å². The van der Waals surface area contributed by atoms with E-state index in [4.69, 9.17) is 9.47 Å². The van der Waals surface area contributed by atoms with Crippen LogP contribution in [0.5, 0.6) is 0 Å². The Labute approximate surface area is 268 Å². The molecule has 0 heterocycles. The molecule has 0 aromatic carbocycles. The quantitative estimate of drug-likeness (QED) is 0.0463. The third-order valence-electron chi connectivity index (χ3n) is 8.27. The second-order valence-corrected chi connectivity index (χ2v) is 14.0. The highest BCUT2D eigenvalue weighted by atomic mass is 16.6. The van der Waals surface area contributed by atoms with Crippen molar-refractivity contribution in [2.75, 3.05) is 0 Å². The number of allylic oxidation sites excluding steroid dienone is 1. The van der Waals surface area contributed by atoms with Gasteiger partial charge in [0.05, 0.1) is 0 Å². The number of hydrogen-bond donors (Lipinski definition) is 0. The second-order valence-electron chi connectivity index (χ2n) is 14.0. The SMILES string of the molecule is CCCCCCCCCC/C(=C\C(=O)OC(C)(C)C)CCCCCCC(=O)OC(CCCCCCC)CCCCCCC. The molecule has 4 heteroatoms. The van der Waals surface area contributed by atoms with E-state index in [0.717, 1.165) is 57.8 Å². The van der Waals surface area contributed by atoms with E-state index in [9.17, 15) is 9.59 Å². The van der Waals surface area contributed by atoms with Crippen LogP contribution in [0.1, 0.15) is 215 Å². The first-order chi connectivity index (χ1) is 20.7.